The smallest absolute Gasteiger partial charge is 0.278 e. The van der Waals surface area contributed by atoms with Crippen LogP contribution in [-0.2, 0) is 20.7 Å². The van der Waals surface area contributed by atoms with E-state index in [1.807, 2.05) is 54.3 Å². The second-order valence-corrected chi connectivity index (χ2v) is 8.29. The average Bonchev–Trinajstić information content (AvgIpc) is 3.35. The Morgan fingerprint density at radius 2 is 1.67 bits per heavy atom. The second kappa shape index (κ2) is 10.7. The van der Waals surface area contributed by atoms with Gasteiger partial charge in [0.05, 0.1) is 12.2 Å². The largest absolute Gasteiger partial charge is 0.494 e. The summed E-state index contributed by atoms with van der Waals surface area (Å²) in [5, 5.41) is 0. The number of carbonyl (C=O) groups is 2. The monoisotopic (exact) mass is 448 g/mol. The molecular formula is C27H32N2O4. The summed E-state index contributed by atoms with van der Waals surface area (Å²) in [4.78, 5) is 30.5. The zero-order valence-corrected chi connectivity index (χ0v) is 19.5. The quantitative estimate of drug-likeness (QED) is 0.376. The summed E-state index contributed by atoms with van der Waals surface area (Å²) in [5.74, 6) is 0.277. The molecule has 2 aromatic rings. The first-order valence-corrected chi connectivity index (χ1v) is 11.9. The third-order valence-corrected chi connectivity index (χ3v) is 6.07. The minimum absolute atomic E-state index is 0.228. The van der Waals surface area contributed by atoms with E-state index in [-0.39, 0.29) is 11.8 Å². The molecule has 174 valence electrons. The predicted molar refractivity (Wildman–Crippen MR) is 129 cm³/mol. The molecule has 0 unspecified atom stereocenters. The average molecular weight is 449 g/mol. The van der Waals surface area contributed by atoms with Gasteiger partial charge >= 0.3 is 0 Å². The number of rotatable bonds is 11. The van der Waals surface area contributed by atoms with Crippen LogP contribution in [0.3, 0.4) is 0 Å². The second-order valence-electron chi connectivity index (χ2n) is 8.29. The number of unbranched alkanes of at least 4 members (excludes halogenated alkanes) is 1. The lowest BCUT2D eigenvalue weighted by Crippen LogP contribution is -2.36. The summed E-state index contributed by atoms with van der Waals surface area (Å²) in [6.07, 6.45) is 3.58. The summed E-state index contributed by atoms with van der Waals surface area (Å²) in [6.45, 7) is 6.91. The fourth-order valence-corrected chi connectivity index (χ4v) is 4.41. The van der Waals surface area contributed by atoms with Crippen molar-refractivity contribution in [2.75, 3.05) is 37.8 Å². The summed E-state index contributed by atoms with van der Waals surface area (Å²) in [7, 11) is 0. The lowest BCUT2D eigenvalue weighted by atomic mass is 10.0. The number of anilines is 1. The van der Waals surface area contributed by atoms with Gasteiger partial charge in [0.15, 0.2) is 0 Å². The molecule has 0 N–H and O–H groups in total. The summed E-state index contributed by atoms with van der Waals surface area (Å²) in [5.41, 5.74) is 3.87. The van der Waals surface area contributed by atoms with Gasteiger partial charge < -0.3 is 14.4 Å². The molecule has 0 fully saturated rings. The van der Waals surface area contributed by atoms with E-state index in [1.54, 1.807) is 0 Å². The van der Waals surface area contributed by atoms with Gasteiger partial charge in [-0.25, -0.2) is 0 Å². The minimum Gasteiger partial charge on any atom is -0.494 e. The maximum Gasteiger partial charge on any atom is 0.278 e. The van der Waals surface area contributed by atoms with Crippen molar-refractivity contribution >= 4 is 23.1 Å². The van der Waals surface area contributed by atoms with E-state index in [2.05, 4.69) is 13.0 Å². The van der Waals surface area contributed by atoms with Crippen molar-refractivity contribution in [2.45, 2.75) is 39.5 Å². The number of hydrogen-bond acceptors (Lipinski definition) is 5. The van der Waals surface area contributed by atoms with Gasteiger partial charge in [-0.2, -0.15) is 0 Å². The van der Waals surface area contributed by atoms with Crippen molar-refractivity contribution in [3.63, 3.8) is 0 Å². The summed E-state index contributed by atoms with van der Waals surface area (Å²) < 4.78 is 11.2. The van der Waals surface area contributed by atoms with Gasteiger partial charge in [0, 0.05) is 32.0 Å². The number of amides is 2. The highest BCUT2D eigenvalue weighted by atomic mass is 16.5. The fraction of sp³-hybridized carbons (Fsp3) is 0.407. The maximum absolute atomic E-state index is 13.6. The molecule has 2 aliphatic heterocycles. The van der Waals surface area contributed by atoms with E-state index in [0.29, 0.717) is 50.6 Å². The molecule has 2 amide bonds. The van der Waals surface area contributed by atoms with E-state index >= 15 is 0 Å². The molecule has 4 rings (SSSR count). The van der Waals surface area contributed by atoms with Crippen LogP contribution in [0.5, 0.6) is 5.75 Å². The molecular weight excluding hydrogens is 416 g/mol. The molecule has 0 saturated heterocycles. The Hall–Kier alpha value is -3.12. The van der Waals surface area contributed by atoms with Crippen LogP contribution in [0.1, 0.15) is 44.2 Å². The number of ether oxygens (including phenoxy) is 2. The van der Waals surface area contributed by atoms with Crippen LogP contribution in [0.2, 0.25) is 0 Å². The van der Waals surface area contributed by atoms with Gasteiger partial charge in [0.1, 0.15) is 11.4 Å². The van der Waals surface area contributed by atoms with Crippen molar-refractivity contribution in [1.29, 1.82) is 0 Å². The van der Waals surface area contributed by atoms with Crippen LogP contribution < -0.4 is 9.64 Å². The number of benzene rings is 2. The molecule has 6 heteroatoms. The van der Waals surface area contributed by atoms with E-state index in [4.69, 9.17) is 9.47 Å². The number of imide groups is 1. The van der Waals surface area contributed by atoms with Crippen LogP contribution >= 0.6 is 0 Å². The van der Waals surface area contributed by atoms with E-state index in [1.165, 1.54) is 10.5 Å². The molecule has 33 heavy (non-hydrogen) atoms. The number of fused-ring (bicyclic) bond motifs is 1. The van der Waals surface area contributed by atoms with Crippen molar-refractivity contribution in [3.8, 4) is 5.75 Å². The Kier molecular flexibility index (Phi) is 7.45. The number of para-hydroxylation sites is 1. The van der Waals surface area contributed by atoms with Crippen LogP contribution in [0.15, 0.2) is 54.2 Å². The van der Waals surface area contributed by atoms with Crippen LogP contribution in [-0.4, -0.2) is 49.6 Å². The highest BCUT2D eigenvalue weighted by molar-refractivity contribution is 6.36. The normalized spacial score (nSPS) is 15.6. The molecule has 0 saturated carbocycles. The fourth-order valence-electron chi connectivity index (χ4n) is 4.41. The van der Waals surface area contributed by atoms with Gasteiger partial charge in [0.25, 0.3) is 11.8 Å². The number of hydrogen-bond donors (Lipinski definition) is 0. The third-order valence-electron chi connectivity index (χ3n) is 6.07. The SMILES string of the molecule is CCCCOCCCN1C(=O)C(c2ccc(OCC)cc2)=C(N2CCc3ccccc32)C1=O. The molecule has 2 aromatic carbocycles. The first-order chi connectivity index (χ1) is 16.2. The van der Waals surface area contributed by atoms with Crippen molar-refractivity contribution in [3.05, 3.63) is 65.4 Å². The molecule has 0 atom stereocenters. The first kappa shape index (κ1) is 23.1. The minimum atomic E-state index is -0.239. The third kappa shape index (κ3) is 4.81. The molecule has 0 bridgehead atoms. The van der Waals surface area contributed by atoms with Gasteiger partial charge in [-0.15, -0.1) is 0 Å². The molecule has 0 aliphatic carbocycles. The number of carbonyl (C=O) groups excluding carboxylic acids is 2. The number of nitrogens with zero attached hydrogens (tertiary/aromatic N) is 2. The summed E-state index contributed by atoms with van der Waals surface area (Å²) in [6, 6.07) is 15.5. The Balaban J connectivity index is 1.62. The molecule has 0 aromatic heterocycles. The van der Waals surface area contributed by atoms with E-state index in [9.17, 15) is 9.59 Å². The molecule has 2 heterocycles. The zero-order valence-electron chi connectivity index (χ0n) is 19.5. The Morgan fingerprint density at radius 1 is 0.909 bits per heavy atom. The van der Waals surface area contributed by atoms with E-state index in [0.717, 1.165) is 36.3 Å². The topological polar surface area (TPSA) is 59.1 Å². The Morgan fingerprint density at radius 3 is 2.42 bits per heavy atom. The van der Waals surface area contributed by atoms with E-state index < -0.39 is 0 Å². The molecule has 6 nitrogen and oxygen atoms in total. The lowest BCUT2D eigenvalue weighted by molar-refractivity contribution is -0.137. The van der Waals surface area contributed by atoms with Gasteiger partial charge in [-0.3, -0.25) is 14.5 Å². The highest BCUT2D eigenvalue weighted by Gasteiger charge is 2.42. The van der Waals surface area contributed by atoms with Crippen molar-refractivity contribution in [1.82, 2.24) is 4.90 Å². The molecule has 2 aliphatic rings. The van der Waals surface area contributed by atoms with Crippen molar-refractivity contribution < 1.29 is 19.1 Å². The molecule has 0 radical (unpaired) electrons. The highest BCUT2D eigenvalue weighted by Crippen LogP contribution is 2.38. The lowest BCUT2D eigenvalue weighted by Gasteiger charge is -2.21. The van der Waals surface area contributed by atoms with Gasteiger partial charge in [-0.1, -0.05) is 43.7 Å². The van der Waals surface area contributed by atoms with Crippen LogP contribution in [0, 0.1) is 0 Å². The Labute approximate surface area is 195 Å². The van der Waals surface area contributed by atoms with Gasteiger partial charge in [0.2, 0.25) is 0 Å². The van der Waals surface area contributed by atoms with Gasteiger partial charge in [-0.05, 0) is 55.5 Å². The standard InChI is InChI=1S/C27H32N2O4/c1-3-5-18-32-19-8-16-29-26(30)24(21-11-13-22(14-12-21)33-4-2)25(27(29)31)28-17-15-20-9-6-7-10-23(20)28/h6-7,9-14H,3-5,8,15-19H2,1-2H3. The maximum atomic E-state index is 13.6. The van der Waals surface area contributed by atoms with Crippen LogP contribution in [0.4, 0.5) is 5.69 Å². The predicted octanol–water partition coefficient (Wildman–Crippen LogP) is 4.43. The molecule has 0 spiro atoms. The first-order valence-electron chi connectivity index (χ1n) is 11.9. The zero-order chi connectivity index (χ0) is 23.2. The van der Waals surface area contributed by atoms with Crippen LogP contribution in [0.25, 0.3) is 5.57 Å². The Bertz CT molecular complexity index is 1030. The van der Waals surface area contributed by atoms with Crippen molar-refractivity contribution in [2.24, 2.45) is 0 Å². The summed E-state index contributed by atoms with van der Waals surface area (Å²) >= 11 is 0.